The van der Waals surface area contributed by atoms with Crippen molar-refractivity contribution in [1.82, 2.24) is 29.9 Å². The van der Waals surface area contributed by atoms with Gasteiger partial charge < -0.3 is 36.0 Å². The largest absolute Gasteiger partial charge is 0.478 e. The SMILES string of the molecule is COC(=O)CCC(CC(=O)c1ccc(CCc2c[nH]c3nc(N)[nH]c(=O)c23)cc1)C(=O)OC.Nc1nc2[nH]cc(CCc3ccc(C(=O)O)cc3)c2c(=O)[nH]1. The molecular weight excluding hydrogens is 712 g/mol. The highest BCUT2D eigenvalue weighted by atomic mass is 16.5. The van der Waals surface area contributed by atoms with Crippen molar-refractivity contribution >= 4 is 57.7 Å². The summed E-state index contributed by atoms with van der Waals surface area (Å²) in [6.45, 7) is 0. The summed E-state index contributed by atoms with van der Waals surface area (Å²) in [5.41, 5.74) is 15.8. The Hall–Kier alpha value is -7.04. The van der Waals surface area contributed by atoms with Crippen molar-refractivity contribution in [2.75, 3.05) is 25.7 Å². The van der Waals surface area contributed by atoms with Crippen LogP contribution in [0, 0.1) is 5.92 Å². The molecule has 0 spiro atoms. The first kappa shape index (κ1) is 39.2. The number of ketones is 1. The molecule has 1 atom stereocenters. The molecule has 0 saturated heterocycles. The maximum absolute atomic E-state index is 12.7. The third-order valence-corrected chi connectivity index (χ3v) is 9.02. The van der Waals surface area contributed by atoms with Gasteiger partial charge in [0.15, 0.2) is 5.78 Å². The van der Waals surface area contributed by atoms with Crippen molar-refractivity contribution < 1.29 is 33.8 Å². The Morgan fingerprint density at radius 3 is 1.62 bits per heavy atom. The van der Waals surface area contributed by atoms with Gasteiger partial charge in [-0.15, -0.1) is 0 Å². The zero-order valence-corrected chi connectivity index (χ0v) is 30.1. The molecule has 6 aromatic rings. The van der Waals surface area contributed by atoms with E-state index in [0.29, 0.717) is 53.3 Å². The summed E-state index contributed by atoms with van der Waals surface area (Å²) >= 11 is 0. The number of rotatable bonds is 14. The molecule has 4 heterocycles. The summed E-state index contributed by atoms with van der Waals surface area (Å²) in [6.07, 6.45) is 6.21. The molecule has 0 fully saturated rings. The van der Waals surface area contributed by atoms with Crippen LogP contribution in [0.5, 0.6) is 0 Å². The maximum atomic E-state index is 12.7. The van der Waals surface area contributed by atoms with Gasteiger partial charge in [-0.25, -0.2) is 4.79 Å². The van der Waals surface area contributed by atoms with Gasteiger partial charge >= 0.3 is 17.9 Å². The van der Waals surface area contributed by atoms with Crippen LogP contribution in [0.3, 0.4) is 0 Å². The number of aromatic carboxylic acids is 1. The number of hydrogen-bond donors (Lipinski definition) is 7. The van der Waals surface area contributed by atoms with E-state index in [2.05, 4.69) is 34.6 Å². The number of nitrogens with two attached hydrogens (primary N) is 2. The number of methoxy groups -OCH3 is 2. The van der Waals surface area contributed by atoms with Crippen molar-refractivity contribution in [3.8, 4) is 0 Å². The number of H-pyrrole nitrogens is 4. The van der Waals surface area contributed by atoms with Crippen LogP contribution in [0.2, 0.25) is 0 Å². The van der Waals surface area contributed by atoms with Crippen molar-refractivity contribution in [3.63, 3.8) is 0 Å². The molecule has 6 rings (SSSR count). The molecular formula is C38H40N8O9. The Balaban J connectivity index is 0.000000228. The van der Waals surface area contributed by atoms with Crippen LogP contribution >= 0.6 is 0 Å². The minimum atomic E-state index is -0.946. The number of carbonyl (C=O) groups excluding carboxylic acids is 3. The lowest BCUT2D eigenvalue weighted by atomic mass is 9.93. The van der Waals surface area contributed by atoms with E-state index in [1.807, 2.05) is 12.1 Å². The number of esters is 2. The first-order chi connectivity index (χ1) is 26.4. The number of hydrogen-bond acceptors (Lipinski definition) is 12. The van der Waals surface area contributed by atoms with Gasteiger partial charge in [0.2, 0.25) is 11.9 Å². The number of aromatic nitrogens is 6. The van der Waals surface area contributed by atoms with Gasteiger partial charge in [0.05, 0.1) is 36.5 Å². The first-order valence-corrected chi connectivity index (χ1v) is 17.2. The van der Waals surface area contributed by atoms with E-state index in [1.165, 1.54) is 14.2 Å². The molecule has 4 aromatic heterocycles. The number of carbonyl (C=O) groups is 4. The minimum Gasteiger partial charge on any atom is -0.478 e. The van der Waals surface area contributed by atoms with E-state index in [-0.39, 0.29) is 53.6 Å². The molecule has 0 saturated carbocycles. The maximum Gasteiger partial charge on any atom is 0.335 e. The lowest BCUT2D eigenvalue weighted by Gasteiger charge is -2.13. The van der Waals surface area contributed by atoms with E-state index in [1.54, 1.807) is 48.8 Å². The van der Waals surface area contributed by atoms with Crippen LogP contribution in [-0.2, 0) is 44.7 Å². The van der Waals surface area contributed by atoms with Gasteiger partial charge in [-0.05, 0) is 66.5 Å². The summed E-state index contributed by atoms with van der Waals surface area (Å²) < 4.78 is 9.36. The summed E-state index contributed by atoms with van der Waals surface area (Å²) in [6, 6.07) is 13.8. The van der Waals surface area contributed by atoms with Crippen LogP contribution < -0.4 is 22.6 Å². The number of aromatic amines is 4. The molecule has 55 heavy (non-hydrogen) atoms. The van der Waals surface area contributed by atoms with Gasteiger partial charge in [-0.3, -0.25) is 33.9 Å². The van der Waals surface area contributed by atoms with E-state index < -0.39 is 23.8 Å². The number of ether oxygens (including phenoxy) is 2. The number of carboxylic acid groups (broad SMARTS) is 1. The Kier molecular flexibility index (Phi) is 12.6. The van der Waals surface area contributed by atoms with Crippen LogP contribution in [0.15, 0.2) is 70.5 Å². The van der Waals surface area contributed by atoms with Crippen molar-refractivity contribution in [3.05, 3.63) is 115 Å². The second-order valence-electron chi connectivity index (χ2n) is 12.6. The molecule has 1 unspecified atom stereocenters. The molecule has 286 valence electrons. The molecule has 0 bridgehead atoms. The van der Waals surface area contributed by atoms with Crippen molar-refractivity contribution in [2.45, 2.75) is 44.9 Å². The van der Waals surface area contributed by atoms with Crippen molar-refractivity contribution in [2.24, 2.45) is 5.92 Å². The number of nitrogen functional groups attached to an aromatic ring is 2. The number of fused-ring (bicyclic) bond motifs is 2. The highest BCUT2D eigenvalue weighted by molar-refractivity contribution is 5.98. The molecule has 9 N–H and O–H groups in total. The van der Waals surface area contributed by atoms with Gasteiger partial charge in [-0.1, -0.05) is 36.4 Å². The van der Waals surface area contributed by atoms with Crippen molar-refractivity contribution in [1.29, 1.82) is 0 Å². The van der Waals surface area contributed by atoms with Gasteiger partial charge in [0.1, 0.15) is 11.3 Å². The van der Waals surface area contributed by atoms with E-state index in [9.17, 15) is 28.8 Å². The Morgan fingerprint density at radius 1 is 0.709 bits per heavy atom. The lowest BCUT2D eigenvalue weighted by molar-refractivity contribution is -0.146. The fourth-order valence-corrected chi connectivity index (χ4v) is 6.07. The Morgan fingerprint density at radius 2 is 1.18 bits per heavy atom. The van der Waals surface area contributed by atoms with E-state index >= 15 is 0 Å². The topological polar surface area (TPSA) is 282 Å². The molecule has 17 nitrogen and oxygen atoms in total. The normalized spacial score (nSPS) is 11.5. The standard InChI is InChI=1S/C23H26N4O6.C15H14N4O3/c1-32-18(29)10-9-15(22(31)33-2)11-17(28)14-6-3-13(4-7-14)5-8-16-12-25-20-19(16)21(30)27-23(24)26-20;16-15-18-12-11(13(20)19-15)10(7-17-12)6-3-8-1-4-9(5-2-8)14(21)22/h3-4,6-7,12,15H,5,8-11H2,1-2H3,(H4,24,25,26,27,30);1-2,4-5,7H,3,6H2,(H,21,22)(H4,16,17,18,19,20). The fraction of sp³-hybridized carbons (Fsp3) is 0.263. The average molecular weight is 753 g/mol. The number of aryl methyl sites for hydroxylation is 4. The predicted molar refractivity (Wildman–Crippen MR) is 203 cm³/mol. The highest BCUT2D eigenvalue weighted by Crippen LogP contribution is 2.20. The summed E-state index contributed by atoms with van der Waals surface area (Å²) in [5, 5.41) is 9.86. The highest BCUT2D eigenvalue weighted by Gasteiger charge is 2.24. The molecule has 0 amide bonds. The second-order valence-corrected chi connectivity index (χ2v) is 12.6. The first-order valence-electron chi connectivity index (χ1n) is 17.2. The minimum absolute atomic E-state index is 0.0290. The smallest absolute Gasteiger partial charge is 0.335 e. The molecule has 2 aromatic carbocycles. The van der Waals surface area contributed by atoms with Crippen LogP contribution in [-0.4, -0.2) is 72.9 Å². The van der Waals surface area contributed by atoms with Gasteiger partial charge in [-0.2, -0.15) is 9.97 Å². The number of nitrogens with zero attached hydrogens (tertiary/aromatic N) is 2. The monoisotopic (exact) mass is 752 g/mol. The number of anilines is 2. The summed E-state index contributed by atoms with van der Waals surface area (Å²) in [7, 11) is 2.52. The van der Waals surface area contributed by atoms with Crippen LogP contribution in [0.1, 0.15) is 62.2 Å². The quantitative estimate of drug-likeness (QED) is 0.0622. The third-order valence-electron chi connectivity index (χ3n) is 9.02. The summed E-state index contributed by atoms with van der Waals surface area (Å²) in [5.74, 6) is -2.72. The predicted octanol–water partition coefficient (Wildman–Crippen LogP) is 3.25. The zero-order chi connectivity index (χ0) is 39.6. The summed E-state index contributed by atoms with van der Waals surface area (Å²) in [4.78, 5) is 90.0. The van der Waals surface area contributed by atoms with E-state index in [4.69, 9.17) is 21.3 Å². The van der Waals surface area contributed by atoms with Crippen LogP contribution in [0.25, 0.3) is 22.1 Å². The van der Waals surface area contributed by atoms with E-state index in [0.717, 1.165) is 22.3 Å². The number of nitrogens with one attached hydrogen (secondary N) is 4. The number of Topliss-reactive ketones (excluding diaryl/α,β-unsaturated/α-hetero) is 1. The molecule has 0 aliphatic rings. The molecule has 0 aliphatic heterocycles. The second kappa shape index (κ2) is 17.7. The number of carboxylic acids is 1. The average Bonchev–Trinajstić information content (AvgIpc) is 3.78. The molecule has 17 heteroatoms. The van der Waals surface area contributed by atoms with Crippen LogP contribution in [0.4, 0.5) is 11.9 Å². The lowest BCUT2D eigenvalue weighted by Crippen LogP contribution is -2.21. The number of benzene rings is 2. The van der Waals surface area contributed by atoms with Gasteiger partial charge in [0.25, 0.3) is 11.1 Å². The molecule has 0 radical (unpaired) electrons. The van der Waals surface area contributed by atoms with Gasteiger partial charge in [0, 0.05) is 30.8 Å². The Bertz CT molecular complexity index is 2450. The fourth-order valence-electron chi connectivity index (χ4n) is 6.07. The molecule has 0 aliphatic carbocycles. The third kappa shape index (κ3) is 9.89. The zero-order valence-electron chi connectivity index (χ0n) is 30.1. The Labute approximate surface area is 312 Å².